The van der Waals surface area contributed by atoms with Crippen molar-refractivity contribution in [2.24, 2.45) is 0 Å². The lowest BCUT2D eigenvalue weighted by atomic mass is 10.1. The number of hydrogen-bond acceptors (Lipinski definition) is 6. The lowest BCUT2D eigenvalue weighted by Crippen LogP contribution is -2.00. The molecule has 0 bridgehead atoms. The molecule has 214 valence electrons. The van der Waals surface area contributed by atoms with Gasteiger partial charge in [-0.15, -0.1) is 0 Å². The fourth-order valence-electron chi connectivity index (χ4n) is 5.43. The second-order valence-electron chi connectivity index (χ2n) is 10.3. The summed E-state index contributed by atoms with van der Waals surface area (Å²) in [5.74, 6) is 2.76. The molecule has 0 aliphatic carbocycles. The van der Waals surface area contributed by atoms with Crippen molar-refractivity contribution in [1.29, 1.82) is 0 Å². The van der Waals surface area contributed by atoms with E-state index in [4.69, 9.17) is 12.2 Å². The number of benzene rings is 4. The summed E-state index contributed by atoms with van der Waals surface area (Å²) in [5.41, 5.74) is 5.12. The molecule has 0 unspecified atom stereocenters. The van der Waals surface area contributed by atoms with Gasteiger partial charge >= 0.3 is 0 Å². The molecule has 0 fully saturated rings. The van der Waals surface area contributed by atoms with Crippen molar-refractivity contribution < 1.29 is 12.2 Å². The first kappa shape index (κ1) is 24.1. The van der Waals surface area contributed by atoms with Gasteiger partial charge in [-0.3, -0.25) is 14.5 Å². The van der Waals surface area contributed by atoms with Gasteiger partial charge in [0, 0.05) is 58.8 Å². The molecule has 0 radical (unpaired) electrons. The monoisotopic (exact) mass is 585 g/mol. The third kappa shape index (κ3) is 5.23. The van der Waals surface area contributed by atoms with E-state index in [-0.39, 0.29) is 18.3 Å². The number of fused-ring (bicyclic) bond motifs is 3. The first-order valence-corrected chi connectivity index (χ1v) is 14.4. The molecule has 0 amide bonds. The molecule has 0 spiro atoms. The van der Waals surface area contributed by atoms with Crippen molar-refractivity contribution in [3.05, 3.63) is 152 Å². The maximum atomic E-state index is 8.21. The first-order chi connectivity index (χ1) is 23.1. The van der Waals surface area contributed by atoms with Crippen LogP contribution in [-0.4, -0.2) is 24.5 Å². The second kappa shape index (κ2) is 11.4. The number of aromatic nitrogens is 5. The molecule has 4 aromatic heterocycles. The Morgan fingerprint density at radius 3 is 1.47 bits per heavy atom. The van der Waals surface area contributed by atoms with Crippen molar-refractivity contribution in [2.75, 3.05) is 0 Å². The van der Waals surface area contributed by atoms with Crippen molar-refractivity contribution in [1.82, 2.24) is 24.5 Å². The lowest BCUT2D eigenvalue weighted by molar-refractivity contribution is 0.483. The van der Waals surface area contributed by atoms with Crippen LogP contribution >= 0.6 is 0 Å². The van der Waals surface area contributed by atoms with E-state index in [1.54, 1.807) is 12.4 Å². The summed E-state index contributed by atoms with van der Waals surface area (Å²) in [7, 11) is 0. The molecule has 0 saturated carbocycles. The molecule has 7 nitrogen and oxygen atoms in total. The van der Waals surface area contributed by atoms with Gasteiger partial charge in [0.1, 0.15) is 23.0 Å². The molecule has 7 heteroatoms. The highest BCUT2D eigenvalue weighted by molar-refractivity contribution is 6.09. The minimum atomic E-state index is -0.0486. The Hall–Kier alpha value is -6.34. The Balaban J connectivity index is 1.21. The highest BCUT2D eigenvalue weighted by Gasteiger charge is 2.16. The average Bonchev–Trinajstić information content (AvgIpc) is 3.41. The van der Waals surface area contributed by atoms with Crippen LogP contribution in [0.25, 0.3) is 50.3 Å². The van der Waals surface area contributed by atoms with Gasteiger partial charge in [0.2, 0.25) is 5.95 Å². The number of nitrogens with zero attached hydrogens (tertiary/aromatic N) is 5. The van der Waals surface area contributed by atoms with E-state index in [1.165, 1.54) is 6.07 Å². The van der Waals surface area contributed by atoms with Crippen LogP contribution in [0, 0.1) is 0 Å². The minimum absolute atomic E-state index is 0.0486. The number of rotatable bonds is 7. The molecule has 0 aliphatic rings. The third-order valence-corrected chi connectivity index (χ3v) is 7.43. The maximum Gasteiger partial charge on any atom is 0.234 e. The van der Waals surface area contributed by atoms with Crippen LogP contribution in [0.3, 0.4) is 0 Å². The van der Waals surface area contributed by atoms with Gasteiger partial charge in [0.15, 0.2) is 0 Å². The maximum absolute atomic E-state index is 8.21. The quantitative estimate of drug-likeness (QED) is 0.186. The normalized spacial score (nSPS) is 11.7. The SMILES string of the molecule is [2H]c1cc([2H])nc(-n2c3cc(Oc4cccc(-c5ccccn5)c4)ccc3c3ccc(Oc4cccc(-c5ccccn5)c4)cc32)n1. The van der Waals surface area contributed by atoms with Gasteiger partial charge < -0.3 is 9.47 Å². The van der Waals surface area contributed by atoms with Gasteiger partial charge in [-0.2, -0.15) is 0 Å². The van der Waals surface area contributed by atoms with E-state index in [9.17, 15) is 0 Å². The standard InChI is InChI=1S/C38H25N5O2/c1-3-18-39-34(12-1)26-8-5-10-28(22-26)44-30-14-16-32-33-17-15-31(25-37(33)43(36(32)24-30)38-41-20-7-21-42-38)45-29-11-6-9-27(23-29)35-13-2-4-19-40-35/h1-25H/i20D,21D. The summed E-state index contributed by atoms with van der Waals surface area (Å²) in [6.07, 6.45) is 3.43. The van der Waals surface area contributed by atoms with E-state index in [1.807, 2.05) is 126 Å². The fraction of sp³-hybridized carbons (Fsp3) is 0. The topological polar surface area (TPSA) is 75.0 Å². The minimum Gasteiger partial charge on any atom is -0.457 e. The first-order valence-electron chi connectivity index (χ1n) is 15.4. The highest BCUT2D eigenvalue weighted by atomic mass is 16.5. The summed E-state index contributed by atoms with van der Waals surface area (Å²) in [4.78, 5) is 17.7. The Morgan fingerprint density at radius 1 is 0.467 bits per heavy atom. The molecule has 8 aromatic rings. The smallest absolute Gasteiger partial charge is 0.234 e. The van der Waals surface area contributed by atoms with Crippen LogP contribution in [0.2, 0.25) is 0 Å². The average molecular weight is 586 g/mol. The molecule has 0 N–H and O–H groups in total. The van der Waals surface area contributed by atoms with Crippen LogP contribution in [0.5, 0.6) is 23.0 Å². The van der Waals surface area contributed by atoms with E-state index in [2.05, 4.69) is 19.9 Å². The summed E-state index contributed by atoms with van der Waals surface area (Å²) in [5, 5.41) is 1.87. The van der Waals surface area contributed by atoms with Crippen molar-refractivity contribution in [3.63, 3.8) is 0 Å². The zero-order valence-corrected chi connectivity index (χ0v) is 23.8. The van der Waals surface area contributed by atoms with Crippen LogP contribution in [0.15, 0.2) is 152 Å². The van der Waals surface area contributed by atoms with Crippen molar-refractivity contribution in [2.45, 2.75) is 0 Å². The van der Waals surface area contributed by atoms with Crippen molar-refractivity contribution >= 4 is 21.8 Å². The van der Waals surface area contributed by atoms with Gasteiger partial charge in [-0.1, -0.05) is 36.4 Å². The number of hydrogen-bond donors (Lipinski definition) is 0. The van der Waals surface area contributed by atoms with Crippen LogP contribution in [-0.2, 0) is 0 Å². The van der Waals surface area contributed by atoms with Crippen LogP contribution in [0.1, 0.15) is 2.74 Å². The molecule has 45 heavy (non-hydrogen) atoms. The van der Waals surface area contributed by atoms with Gasteiger partial charge in [0.05, 0.1) is 25.2 Å². The zero-order valence-electron chi connectivity index (χ0n) is 25.8. The van der Waals surface area contributed by atoms with Crippen LogP contribution in [0.4, 0.5) is 0 Å². The lowest BCUT2D eigenvalue weighted by Gasteiger charge is -2.10. The molecule has 4 aromatic carbocycles. The molecule has 0 aliphatic heterocycles. The highest BCUT2D eigenvalue weighted by Crippen LogP contribution is 2.37. The predicted octanol–water partition coefficient (Wildman–Crippen LogP) is 9.28. The summed E-state index contributed by atoms with van der Waals surface area (Å²) in [6.45, 7) is 0. The Kier molecular flexibility index (Phi) is 6.11. The largest absolute Gasteiger partial charge is 0.457 e. The Labute approximate surface area is 261 Å². The molecular weight excluding hydrogens is 558 g/mol. The molecule has 0 atom stereocenters. The molecule has 4 heterocycles. The van der Waals surface area contributed by atoms with E-state index < -0.39 is 0 Å². The van der Waals surface area contributed by atoms with Gasteiger partial charge in [-0.25, -0.2) is 9.97 Å². The molecule has 0 saturated heterocycles. The second-order valence-corrected chi connectivity index (χ2v) is 10.3. The zero-order chi connectivity index (χ0) is 31.7. The summed E-state index contributed by atoms with van der Waals surface area (Å²) < 4.78 is 31.0. The van der Waals surface area contributed by atoms with Gasteiger partial charge in [-0.05, 0) is 78.9 Å². The molecular formula is C38H25N5O2. The van der Waals surface area contributed by atoms with E-state index >= 15 is 0 Å². The van der Waals surface area contributed by atoms with Crippen molar-refractivity contribution in [3.8, 4) is 51.5 Å². The van der Waals surface area contributed by atoms with Crippen LogP contribution < -0.4 is 9.47 Å². The Morgan fingerprint density at radius 2 is 0.978 bits per heavy atom. The third-order valence-electron chi connectivity index (χ3n) is 7.43. The Bertz CT molecular complexity index is 2240. The summed E-state index contributed by atoms with van der Waals surface area (Å²) >= 11 is 0. The predicted molar refractivity (Wildman–Crippen MR) is 176 cm³/mol. The molecule has 8 rings (SSSR count). The van der Waals surface area contributed by atoms with E-state index in [0.29, 0.717) is 23.0 Å². The fourth-order valence-corrected chi connectivity index (χ4v) is 5.43. The van der Waals surface area contributed by atoms with Gasteiger partial charge in [0.25, 0.3) is 0 Å². The number of ether oxygens (including phenoxy) is 2. The number of pyridine rings is 2. The summed E-state index contributed by atoms with van der Waals surface area (Å²) in [6, 6.07) is 40.1. The van der Waals surface area contributed by atoms with E-state index in [0.717, 1.165) is 44.3 Å².